The minimum Gasteiger partial charge on any atom is -0.337 e. The minimum atomic E-state index is -3.74. The van der Waals surface area contributed by atoms with Gasteiger partial charge in [0.1, 0.15) is 0 Å². The largest absolute Gasteiger partial charge is 0.337 e. The van der Waals surface area contributed by atoms with E-state index in [1.165, 1.54) is 38.4 Å². The standard InChI is InChI=1S/C21H22N2O4S/c1-22(15-18-9-6-8-16-7-4-5-10-20(16)18)21(24)17-11-13-19(14-12-17)28(25,26)23(2)27-3/h4-14H,15H2,1-3H3. The Bertz CT molecular complexity index is 1090. The van der Waals surface area contributed by atoms with E-state index in [2.05, 4.69) is 0 Å². The smallest absolute Gasteiger partial charge is 0.264 e. The summed E-state index contributed by atoms with van der Waals surface area (Å²) in [5.41, 5.74) is 1.47. The maximum atomic E-state index is 12.8. The van der Waals surface area contributed by atoms with Crippen molar-refractivity contribution in [1.29, 1.82) is 0 Å². The summed E-state index contributed by atoms with van der Waals surface area (Å²) in [6.45, 7) is 0.451. The fourth-order valence-electron chi connectivity index (χ4n) is 2.99. The van der Waals surface area contributed by atoms with Crippen LogP contribution in [-0.2, 0) is 21.4 Å². The van der Waals surface area contributed by atoms with Crippen LogP contribution in [0.4, 0.5) is 0 Å². The Hall–Kier alpha value is -2.74. The molecule has 0 heterocycles. The number of hydrogen-bond donors (Lipinski definition) is 0. The third-order valence-electron chi connectivity index (χ3n) is 4.63. The maximum Gasteiger partial charge on any atom is 0.264 e. The quantitative estimate of drug-likeness (QED) is 0.598. The van der Waals surface area contributed by atoms with Gasteiger partial charge in [0.05, 0.1) is 12.0 Å². The molecule has 0 saturated heterocycles. The number of benzene rings is 3. The van der Waals surface area contributed by atoms with Crippen molar-refractivity contribution in [3.63, 3.8) is 0 Å². The third-order valence-corrected chi connectivity index (χ3v) is 6.32. The van der Waals surface area contributed by atoms with Crippen molar-refractivity contribution in [2.45, 2.75) is 11.4 Å². The lowest BCUT2D eigenvalue weighted by molar-refractivity contribution is -0.0258. The number of carbonyl (C=O) groups excluding carboxylic acids is 1. The summed E-state index contributed by atoms with van der Waals surface area (Å²) in [7, 11) is 0.579. The SMILES string of the molecule is CON(C)S(=O)(=O)c1ccc(C(=O)N(C)Cc2cccc3ccccc23)cc1. The van der Waals surface area contributed by atoms with Gasteiger partial charge in [-0.05, 0) is 40.6 Å². The maximum absolute atomic E-state index is 12.8. The van der Waals surface area contributed by atoms with Crippen LogP contribution in [0, 0.1) is 0 Å². The first-order chi connectivity index (χ1) is 13.3. The highest BCUT2D eigenvalue weighted by atomic mass is 32.2. The summed E-state index contributed by atoms with van der Waals surface area (Å²) in [5.74, 6) is -0.183. The first-order valence-corrected chi connectivity index (χ1v) is 10.1. The van der Waals surface area contributed by atoms with Crippen molar-refractivity contribution in [3.8, 4) is 0 Å². The lowest BCUT2D eigenvalue weighted by Crippen LogP contribution is -2.27. The third kappa shape index (κ3) is 3.91. The minimum absolute atomic E-state index is 0.0603. The van der Waals surface area contributed by atoms with Crippen LogP contribution in [0.15, 0.2) is 71.6 Å². The van der Waals surface area contributed by atoms with Gasteiger partial charge in [0.2, 0.25) is 0 Å². The van der Waals surface area contributed by atoms with Crippen LogP contribution in [-0.4, -0.2) is 44.9 Å². The molecule has 0 N–H and O–H groups in total. The van der Waals surface area contributed by atoms with Gasteiger partial charge in [-0.2, -0.15) is 0 Å². The highest BCUT2D eigenvalue weighted by Crippen LogP contribution is 2.21. The molecule has 0 radical (unpaired) electrons. The molecule has 1 amide bonds. The molecule has 0 aliphatic heterocycles. The molecular weight excluding hydrogens is 376 g/mol. The van der Waals surface area contributed by atoms with Crippen LogP contribution in [0.2, 0.25) is 0 Å². The Balaban J connectivity index is 1.80. The van der Waals surface area contributed by atoms with E-state index in [0.717, 1.165) is 20.8 Å². The highest BCUT2D eigenvalue weighted by molar-refractivity contribution is 7.89. The van der Waals surface area contributed by atoms with Gasteiger partial charge in [-0.1, -0.05) is 46.9 Å². The van der Waals surface area contributed by atoms with Crippen LogP contribution in [0.5, 0.6) is 0 Å². The Labute approximate surface area is 165 Å². The number of fused-ring (bicyclic) bond motifs is 1. The Morgan fingerprint density at radius 1 is 0.929 bits per heavy atom. The number of sulfonamides is 1. The summed E-state index contributed by atoms with van der Waals surface area (Å²) in [6, 6.07) is 19.9. The highest BCUT2D eigenvalue weighted by Gasteiger charge is 2.21. The van der Waals surface area contributed by atoms with E-state index in [0.29, 0.717) is 12.1 Å². The normalized spacial score (nSPS) is 11.7. The first kappa shape index (κ1) is 20.0. The number of hydrogen-bond acceptors (Lipinski definition) is 4. The molecule has 3 aromatic carbocycles. The molecule has 0 aliphatic carbocycles. The van der Waals surface area contributed by atoms with Gasteiger partial charge in [0.15, 0.2) is 0 Å². The average Bonchev–Trinajstić information content (AvgIpc) is 2.72. The molecule has 0 unspecified atom stereocenters. The van der Waals surface area contributed by atoms with Gasteiger partial charge in [-0.25, -0.2) is 8.42 Å². The van der Waals surface area contributed by atoms with Crippen LogP contribution < -0.4 is 0 Å². The molecule has 3 aromatic rings. The molecule has 0 atom stereocenters. The number of hydroxylamine groups is 1. The Morgan fingerprint density at radius 2 is 1.57 bits per heavy atom. The van der Waals surface area contributed by atoms with Gasteiger partial charge in [0.25, 0.3) is 15.9 Å². The average molecular weight is 398 g/mol. The van der Waals surface area contributed by atoms with E-state index in [-0.39, 0.29) is 10.8 Å². The van der Waals surface area contributed by atoms with Crippen LogP contribution in [0.1, 0.15) is 15.9 Å². The molecule has 3 rings (SSSR count). The zero-order chi connectivity index (χ0) is 20.3. The molecule has 0 saturated carbocycles. The van der Waals surface area contributed by atoms with Crippen molar-refractivity contribution in [1.82, 2.24) is 9.37 Å². The number of carbonyl (C=O) groups is 1. The number of nitrogens with zero attached hydrogens (tertiary/aromatic N) is 2. The lowest BCUT2D eigenvalue weighted by Gasteiger charge is -2.19. The summed E-state index contributed by atoms with van der Waals surface area (Å²) in [5, 5.41) is 2.23. The van der Waals surface area contributed by atoms with Crippen LogP contribution in [0.25, 0.3) is 10.8 Å². The fraction of sp³-hybridized carbons (Fsp3) is 0.190. The molecule has 6 nitrogen and oxygen atoms in total. The second kappa shape index (κ2) is 8.10. The topological polar surface area (TPSA) is 66.9 Å². The van der Waals surface area contributed by atoms with E-state index >= 15 is 0 Å². The molecule has 0 aromatic heterocycles. The Kier molecular flexibility index (Phi) is 5.79. The van der Waals surface area contributed by atoms with Crippen molar-refractivity contribution in [3.05, 3.63) is 77.9 Å². The summed E-state index contributed by atoms with van der Waals surface area (Å²) in [6.07, 6.45) is 0. The fourth-order valence-corrected chi connectivity index (χ4v) is 3.97. The molecule has 146 valence electrons. The second-order valence-corrected chi connectivity index (χ2v) is 8.36. The lowest BCUT2D eigenvalue weighted by atomic mass is 10.0. The number of amides is 1. The summed E-state index contributed by atoms with van der Waals surface area (Å²) < 4.78 is 25.3. The zero-order valence-corrected chi connectivity index (χ0v) is 16.8. The molecule has 0 aliphatic rings. The van der Waals surface area contributed by atoms with E-state index in [1.54, 1.807) is 11.9 Å². The van der Waals surface area contributed by atoms with Crippen molar-refractivity contribution < 1.29 is 18.0 Å². The van der Waals surface area contributed by atoms with Crippen molar-refractivity contribution in [2.75, 3.05) is 21.2 Å². The van der Waals surface area contributed by atoms with Gasteiger partial charge < -0.3 is 4.90 Å². The van der Waals surface area contributed by atoms with Crippen LogP contribution >= 0.6 is 0 Å². The van der Waals surface area contributed by atoms with E-state index in [4.69, 9.17) is 4.84 Å². The molecular formula is C21H22N2O4S. The van der Waals surface area contributed by atoms with Crippen molar-refractivity contribution in [2.24, 2.45) is 0 Å². The molecule has 0 fully saturated rings. The molecule has 7 heteroatoms. The second-order valence-electron chi connectivity index (χ2n) is 6.42. The zero-order valence-electron chi connectivity index (χ0n) is 16.0. The first-order valence-electron chi connectivity index (χ1n) is 8.70. The Morgan fingerprint density at radius 3 is 2.25 bits per heavy atom. The number of rotatable bonds is 6. The van der Waals surface area contributed by atoms with E-state index < -0.39 is 10.0 Å². The summed E-state index contributed by atoms with van der Waals surface area (Å²) in [4.78, 5) is 19.2. The summed E-state index contributed by atoms with van der Waals surface area (Å²) >= 11 is 0. The van der Waals surface area contributed by atoms with Gasteiger partial charge >= 0.3 is 0 Å². The van der Waals surface area contributed by atoms with E-state index in [9.17, 15) is 13.2 Å². The monoisotopic (exact) mass is 398 g/mol. The molecule has 28 heavy (non-hydrogen) atoms. The van der Waals surface area contributed by atoms with E-state index in [1.807, 2.05) is 42.5 Å². The van der Waals surface area contributed by atoms with Crippen molar-refractivity contribution >= 4 is 26.7 Å². The predicted molar refractivity (Wildman–Crippen MR) is 108 cm³/mol. The molecule has 0 spiro atoms. The molecule has 0 bridgehead atoms. The van der Waals surface area contributed by atoms with Gasteiger partial charge in [0, 0.05) is 26.2 Å². The van der Waals surface area contributed by atoms with Crippen LogP contribution in [0.3, 0.4) is 0 Å². The predicted octanol–water partition coefficient (Wildman–Crippen LogP) is 3.29. The van der Waals surface area contributed by atoms with Gasteiger partial charge in [-0.15, -0.1) is 0 Å². The van der Waals surface area contributed by atoms with Gasteiger partial charge in [-0.3, -0.25) is 9.63 Å².